The molecule has 1 aromatic carbocycles. The van der Waals surface area contributed by atoms with Crippen LogP contribution in [0.2, 0.25) is 0 Å². The SMILES string of the molecule is CN1CCN(c2cc3c(cc2F)C(=O)C(O)N3)CC1. The molecular formula is C13H16FN3O2. The van der Waals surface area contributed by atoms with Crippen LogP contribution in [0.1, 0.15) is 10.4 Å². The van der Waals surface area contributed by atoms with E-state index in [0.717, 1.165) is 26.2 Å². The highest BCUT2D eigenvalue weighted by atomic mass is 19.1. The topological polar surface area (TPSA) is 55.8 Å². The summed E-state index contributed by atoms with van der Waals surface area (Å²) in [5.41, 5.74) is 1.22. The predicted molar refractivity (Wildman–Crippen MR) is 70.1 cm³/mol. The van der Waals surface area contributed by atoms with E-state index in [1.807, 2.05) is 11.9 Å². The number of rotatable bonds is 1. The van der Waals surface area contributed by atoms with Crippen molar-refractivity contribution in [1.82, 2.24) is 4.90 Å². The van der Waals surface area contributed by atoms with Crippen molar-refractivity contribution in [2.24, 2.45) is 0 Å². The monoisotopic (exact) mass is 265 g/mol. The molecule has 0 bridgehead atoms. The highest BCUT2D eigenvalue weighted by molar-refractivity contribution is 6.09. The standard InChI is InChI=1S/C13H16FN3O2/c1-16-2-4-17(5-3-16)11-7-10-8(6-9(11)14)12(18)13(19)15-10/h6-7,13,15,19H,2-5H2,1H3. The first kappa shape index (κ1) is 12.4. The summed E-state index contributed by atoms with van der Waals surface area (Å²) in [6.45, 7) is 3.27. The molecule has 5 nitrogen and oxygen atoms in total. The van der Waals surface area contributed by atoms with Gasteiger partial charge in [-0.1, -0.05) is 0 Å². The van der Waals surface area contributed by atoms with Crippen molar-refractivity contribution in [3.63, 3.8) is 0 Å². The van der Waals surface area contributed by atoms with Crippen molar-refractivity contribution in [1.29, 1.82) is 0 Å². The average Bonchev–Trinajstić information content (AvgIpc) is 2.66. The van der Waals surface area contributed by atoms with Crippen LogP contribution in [0.15, 0.2) is 12.1 Å². The first-order valence-electron chi connectivity index (χ1n) is 6.32. The fraction of sp³-hybridized carbons (Fsp3) is 0.462. The van der Waals surface area contributed by atoms with Gasteiger partial charge in [-0.05, 0) is 19.2 Å². The van der Waals surface area contributed by atoms with Crippen molar-refractivity contribution < 1.29 is 14.3 Å². The van der Waals surface area contributed by atoms with Crippen molar-refractivity contribution in [2.75, 3.05) is 43.4 Å². The molecule has 0 radical (unpaired) electrons. The number of nitrogens with one attached hydrogen (secondary N) is 1. The molecule has 1 aromatic rings. The largest absolute Gasteiger partial charge is 0.367 e. The number of benzene rings is 1. The molecule has 19 heavy (non-hydrogen) atoms. The first-order chi connectivity index (χ1) is 9.06. The molecule has 0 aliphatic carbocycles. The minimum absolute atomic E-state index is 0.225. The van der Waals surface area contributed by atoms with Crippen molar-refractivity contribution in [2.45, 2.75) is 6.23 Å². The zero-order valence-electron chi connectivity index (χ0n) is 10.7. The Morgan fingerprint density at radius 3 is 2.68 bits per heavy atom. The number of aliphatic hydroxyl groups is 1. The number of aliphatic hydroxyl groups excluding tert-OH is 1. The molecule has 0 amide bonds. The number of carbonyl (C=O) groups is 1. The molecule has 1 fully saturated rings. The lowest BCUT2D eigenvalue weighted by Gasteiger charge is -2.34. The molecule has 2 heterocycles. The van der Waals surface area contributed by atoms with Gasteiger partial charge in [0.05, 0.1) is 5.69 Å². The summed E-state index contributed by atoms with van der Waals surface area (Å²) in [4.78, 5) is 15.7. The van der Waals surface area contributed by atoms with E-state index in [4.69, 9.17) is 0 Å². The number of carbonyl (C=O) groups excluding carboxylic acids is 1. The van der Waals surface area contributed by atoms with E-state index >= 15 is 0 Å². The van der Waals surface area contributed by atoms with Gasteiger partial charge < -0.3 is 20.2 Å². The number of nitrogens with zero attached hydrogens (tertiary/aromatic N) is 2. The van der Waals surface area contributed by atoms with Gasteiger partial charge in [-0.25, -0.2) is 4.39 Å². The third-order valence-corrected chi connectivity index (χ3v) is 3.74. The molecule has 2 aliphatic rings. The van der Waals surface area contributed by atoms with E-state index in [1.165, 1.54) is 6.07 Å². The third kappa shape index (κ3) is 2.06. The maximum absolute atomic E-state index is 14.1. The van der Waals surface area contributed by atoms with Crippen molar-refractivity contribution in [3.05, 3.63) is 23.5 Å². The summed E-state index contributed by atoms with van der Waals surface area (Å²) >= 11 is 0. The third-order valence-electron chi connectivity index (χ3n) is 3.74. The predicted octanol–water partition coefficient (Wildman–Crippen LogP) is 0.504. The molecular weight excluding hydrogens is 249 g/mol. The average molecular weight is 265 g/mol. The van der Waals surface area contributed by atoms with Gasteiger partial charge in [-0.3, -0.25) is 4.79 Å². The summed E-state index contributed by atoms with van der Waals surface area (Å²) in [5, 5.41) is 12.1. The van der Waals surface area contributed by atoms with E-state index in [1.54, 1.807) is 6.07 Å². The van der Waals surface area contributed by atoms with Crippen molar-refractivity contribution >= 4 is 17.2 Å². The minimum atomic E-state index is -1.25. The number of fused-ring (bicyclic) bond motifs is 1. The number of Topliss-reactive ketones (excluding diaryl/α,β-unsaturated/α-hetero) is 1. The van der Waals surface area contributed by atoms with Crippen LogP contribution in [0.5, 0.6) is 0 Å². The van der Waals surface area contributed by atoms with Gasteiger partial charge >= 0.3 is 0 Å². The summed E-state index contributed by atoms with van der Waals surface area (Å²) in [5.74, 6) is -0.883. The quantitative estimate of drug-likeness (QED) is 0.774. The summed E-state index contributed by atoms with van der Waals surface area (Å²) in [6, 6.07) is 2.83. The fourth-order valence-electron chi connectivity index (χ4n) is 2.53. The fourth-order valence-corrected chi connectivity index (χ4v) is 2.53. The number of hydrogen-bond acceptors (Lipinski definition) is 5. The normalized spacial score (nSPS) is 23.4. The zero-order valence-corrected chi connectivity index (χ0v) is 10.7. The summed E-state index contributed by atoms with van der Waals surface area (Å²) in [7, 11) is 2.03. The number of halogens is 1. The Kier molecular flexibility index (Phi) is 2.91. The lowest BCUT2D eigenvalue weighted by molar-refractivity contribution is 0.0814. The Morgan fingerprint density at radius 2 is 2.00 bits per heavy atom. The molecule has 0 aromatic heterocycles. The van der Waals surface area contributed by atoms with Crippen LogP contribution in [-0.2, 0) is 0 Å². The van der Waals surface area contributed by atoms with Crippen LogP contribution in [0, 0.1) is 5.82 Å². The number of hydrogen-bond donors (Lipinski definition) is 2. The molecule has 0 spiro atoms. The van der Waals surface area contributed by atoms with Gasteiger partial charge in [0.15, 0.2) is 6.23 Å². The van der Waals surface area contributed by atoms with Crippen molar-refractivity contribution in [3.8, 4) is 0 Å². The molecule has 2 aliphatic heterocycles. The second-order valence-corrected chi connectivity index (χ2v) is 5.05. The van der Waals surface area contributed by atoms with E-state index in [9.17, 15) is 14.3 Å². The molecule has 2 N–H and O–H groups in total. The van der Waals surface area contributed by atoms with Crippen LogP contribution in [0.3, 0.4) is 0 Å². The molecule has 1 unspecified atom stereocenters. The van der Waals surface area contributed by atoms with Gasteiger partial charge in [0.25, 0.3) is 0 Å². The number of ketones is 1. The Bertz CT molecular complexity index is 527. The number of anilines is 2. The van der Waals surface area contributed by atoms with Crippen LogP contribution >= 0.6 is 0 Å². The van der Waals surface area contributed by atoms with Gasteiger partial charge in [0.2, 0.25) is 5.78 Å². The lowest BCUT2D eigenvalue weighted by atomic mass is 10.1. The first-order valence-corrected chi connectivity index (χ1v) is 6.32. The highest BCUT2D eigenvalue weighted by Crippen LogP contribution is 2.32. The maximum atomic E-state index is 14.1. The number of piperazine rings is 1. The molecule has 102 valence electrons. The van der Waals surface area contributed by atoms with Crippen LogP contribution < -0.4 is 10.2 Å². The van der Waals surface area contributed by atoms with Gasteiger partial charge in [-0.2, -0.15) is 0 Å². The molecule has 0 saturated carbocycles. The molecule has 3 rings (SSSR count). The second kappa shape index (κ2) is 4.47. The van der Waals surface area contributed by atoms with Gasteiger partial charge in [0, 0.05) is 37.4 Å². The van der Waals surface area contributed by atoms with Crippen LogP contribution in [-0.4, -0.2) is 55.2 Å². The van der Waals surface area contributed by atoms with Gasteiger partial charge in [0.1, 0.15) is 5.82 Å². The van der Waals surface area contributed by atoms with E-state index in [-0.39, 0.29) is 5.56 Å². The lowest BCUT2D eigenvalue weighted by Crippen LogP contribution is -2.44. The Balaban J connectivity index is 1.92. The van der Waals surface area contributed by atoms with Crippen LogP contribution in [0.4, 0.5) is 15.8 Å². The van der Waals surface area contributed by atoms with Gasteiger partial charge in [-0.15, -0.1) is 0 Å². The summed E-state index contributed by atoms with van der Waals surface area (Å²) in [6.07, 6.45) is -1.25. The van der Waals surface area contributed by atoms with Crippen LogP contribution in [0.25, 0.3) is 0 Å². The number of likely N-dealkylation sites (N-methyl/N-ethyl adjacent to an activating group) is 1. The second-order valence-electron chi connectivity index (χ2n) is 5.05. The molecule has 6 heteroatoms. The summed E-state index contributed by atoms with van der Waals surface area (Å²) < 4.78 is 14.1. The zero-order chi connectivity index (χ0) is 13.6. The smallest absolute Gasteiger partial charge is 0.213 e. The Hall–Kier alpha value is -1.66. The van der Waals surface area contributed by atoms with E-state index in [2.05, 4.69) is 10.2 Å². The van der Waals surface area contributed by atoms with E-state index in [0.29, 0.717) is 11.4 Å². The van der Waals surface area contributed by atoms with E-state index < -0.39 is 17.8 Å². The minimum Gasteiger partial charge on any atom is -0.367 e. The maximum Gasteiger partial charge on any atom is 0.213 e. The molecule has 1 saturated heterocycles. The molecule has 1 atom stereocenters. The highest BCUT2D eigenvalue weighted by Gasteiger charge is 2.30. The Morgan fingerprint density at radius 1 is 1.32 bits per heavy atom. The Labute approximate surface area is 110 Å².